The van der Waals surface area contributed by atoms with Gasteiger partial charge in [0.2, 0.25) is 0 Å². The molecule has 0 amide bonds. The van der Waals surface area contributed by atoms with E-state index in [1.54, 1.807) is 7.11 Å². The molecule has 0 heterocycles. The van der Waals surface area contributed by atoms with Crippen molar-refractivity contribution < 1.29 is 9.84 Å². The minimum atomic E-state index is -0.248. The lowest BCUT2D eigenvalue weighted by molar-refractivity contribution is 0.181. The molecule has 3 heteroatoms. The lowest BCUT2D eigenvalue weighted by atomic mass is 9.85. The third-order valence-corrected chi connectivity index (χ3v) is 3.89. The Hall–Kier alpha value is -1.22. The molecule has 2 unspecified atom stereocenters. The van der Waals surface area contributed by atoms with Crippen LogP contribution in [-0.4, -0.2) is 24.4 Å². The van der Waals surface area contributed by atoms with E-state index < -0.39 is 0 Å². The normalized spacial score (nSPS) is 15.6. The van der Waals surface area contributed by atoms with Crippen molar-refractivity contribution in [1.29, 1.82) is 0 Å². The van der Waals surface area contributed by atoms with E-state index in [2.05, 4.69) is 26.1 Å². The van der Waals surface area contributed by atoms with Crippen LogP contribution in [0.15, 0.2) is 24.3 Å². The van der Waals surface area contributed by atoms with Crippen LogP contribution in [0, 0.1) is 5.92 Å². The number of hydrogen-bond donors (Lipinski definition) is 2. The van der Waals surface area contributed by atoms with Crippen LogP contribution in [0.25, 0.3) is 0 Å². The van der Waals surface area contributed by atoms with Gasteiger partial charge >= 0.3 is 0 Å². The number of aliphatic hydroxyl groups is 1. The fraction of sp³-hybridized carbons (Fsp3) is 0.625. The number of aliphatic hydroxyl groups excluding tert-OH is 1. The quantitative estimate of drug-likeness (QED) is 0.753. The van der Waals surface area contributed by atoms with Crippen LogP contribution in [-0.2, 0) is 0 Å². The highest BCUT2D eigenvalue weighted by Gasteiger charge is 2.28. The summed E-state index contributed by atoms with van der Waals surface area (Å²) in [6.45, 7) is 6.68. The monoisotopic (exact) mass is 265 g/mol. The van der Waals surface area contributed by atoms with Gasteiger partial charge in [0.25, 0.3) is 0 Å². The zero-order valence-corrected chi connectivity index (χ0v) is 12.6. The topological polar surface area (TPSA) is 41.5 Å². The summed E-state index contributed by atoms with van der Waals surface area (Å²) in [6.07, 6.45) is 2.99. The molecule has 2 N–H and O–H groups in total. The second-order valence-corrected chi connectivity index (χ2v) is 5.37. The first-order valence-corrected chi connectivity index (χ1v) is 7.12. The molecule has 0 aliphatic rings. The van der Waals surface area contributed by atoms with Gasteiger partial charge in [-0.15, -0.1) is 0 Å². The fourth-order valence-corrected chi connectivity index (χ4v) is 2.32. The standard InChI is InChI=1S/C16H27NO2/c1-5-13(3)11-16(6-2,12-18)17-14-8-7-9-15(10-14)19-4/h7-10,13,17-18H,5-6,11-12H2,1-4H3. The third-order valence-electron chi connectivity index (χ3n) is 3.89. The second-order valence-electron chi connectivity index (χ2n) is 5.37. The number of benzene rings is 1. The Balaban J connectivity index is 2.87. The predicted octanol–water partition coefficient (Wildman–Crippen LogP) is 3.68. The molecule has 1 rings (SSSR count). The SMILES string of the molecule is CCC(C)CC(CC)(CO)Nc1cccc(OC)c1. The van der Waals surface area contributed by atoms with Gasteiger partial charge in [-0.3, -0.25) is 0 Å². The van der Waals surface area contributed by atoms with E-state index in [1.165, 1.54) is 0 Å². The summed E-state index contributed by atoms with van der Waals surface area (Å²) in [6, 6.07) is 7.87. The first kappa shape index (κ1) is 15.8. The zero-order chi connectivity index (χ0) is 14.3. The molecule has 2 atom stereocenters. The highest BCUT2D eigenvalue weighted by atomic mass is 16.5. The molecular formula is C16H27NO2. The molecule has 19 heavy (non-hydrogen) atoms. The van der Waals surface area contributed by atoms with Crippen molar-refractivity contribution in [2.75, 3.05) is 19.0 Å². The van der Waals surface area contributed by atoms with Gasteiger partial charge in [-0.05, 0) is 30.9 Å². The van der Waals surface area contributed by atoms with Crippen LogP contribution < -0.4 is 10.1 Å². The summed E-state index contributed by atoms with van der Waals surface area (Å²) in [5, 5.41) is 13.3. The molecular weight excluding hydrogens is 238 g/mol. The molecule has 0 saturated heterocycles. The first-order valence-electron chi connectivity index (χ1n) is 7.12. The van der Waals surface area contributed by atoms with E-state index in [0.29, 0.717) is 5.92 Å². The number of nitrogens with one attached hydrogen (secondary N) is 1. The van der Waals surface area contributed by atoms with Crippen molar-refractivity contribution in [1.82, 2.24) is 0 Å². The maximum atomic E-state index is 9.82. The van der Waals surface area contributed by atoms with Gasteiger partial charge in [-0.1, -0.05) is 33.3 Å². The van der Waals surface area contributed by atoms with Crippen LogP contribution in [0.1, 0.15) is 40.0 Å². The summed E-state index contributed by atoms with van der Waals surface area (Å²) < 4.78 is 5.24. The average molecular weight is 265 g/mol. The third kappa shape index (κ3) is 4.43. The number of hydrogen-bond acceptors (Lipinski definition) is 3. The molecule has 0 bridgehead atoms. The highest BCUT2D eigenvalue weighted by Crippen LogP contribution is 2.28. The summed E-state index contributed by atoms with van der Waals surface area (Å²) in [4.78, 5) is 0. The summed E-state index contributed by atoms with van der Waals surface area (Å²) in [5.41, 5.74) is 0.750. The Morgan fingerprint density at radius 1 is 1.37 bits per heavy atom. The molecule has 0 radical (unpaired) electrons. The molecule has 0 fully saturated rings. The Bertz CT molecular complexity index is 375. The maximum absolute atomic E-state index is 9.82. The van der Waals surface area contributed by atoms with Gasteiger partial charge in [0.05, 0.1) is 19.3 Å². The smallest absolute Gasteiger partial charge is 0.120 e. The largest absolute Gasteiger partial charge is 0.497 e. The molecule has 108 valence electrons. The summed E-state index contributed by atoms with van der Waals surface area (Å²) in [5.74, 6) is 1.42. The number of rotatable bonds is 8. The minimum Gasteiger partial charge on any atom is -0.497 e. The van der Waals surface area contributed by atoms with Crippen molar-refractivity contribution >= 4 is 5.69 Å². The van der Waals surface area contributed by atoms with Crippen LogP contribution in [0.4, 0.5) is 5.69 Å². The van der Waals surface area contributed by atoms with Gasteiger partial charge in [0.1, 0.15) is 5.75 Å². The average Bonchev–Trinajstić information content (AvgIpc) is 2.46. The van der Waals surface area contributed by atoms with Crippen molar-refractivity contribution in [2.24, 2.45) is 5.92 Å². The van der Waals surface area contributed by atoms with E-state index in [4.69, 9.17) is 4.74 Å². The lowest BCUT2D eigenvalue weighted by Gasteiger charge is -2.35. The fourth-order valence-electron chi connectivity index (χ4n) is 2.32. The zero-order valence-electron chi connectivity index (χ0n) is 12.6. The van der Waals surface area contributed by atoms with Crippen molar-refractivity contribution in [3.8, 4) is 5.75 Å². The van der Waals surface area contributed by atoms with Gasteiger partial charge < -0.3 is 15.2 Å². The van der Waals surface area contributed by atoms with E-state index in [0.717, 1.165) is 30.7 Å². The minimum absolute atomic E-state index is 0.144. The van der Waals surface area contributed by atoms with Crippen molar-refractivity contribution in [3.05, 3.63) is 24.3 Å². The van der Waals surface area contributed by atoms with Gasteiger partial charge in [0.15, 0.2) is 0 Å². The van der Waals surface area contributed by atoms with E-state index in [9.17, 15) is 5.11 Å². The van der Waals surface area contributed by atoms with Crippen molar-refractivity contribution in [3.63, 3.8) is 0 Å². The van der Waals surface area contributed by atoms with Gasteiger partial charge in [-0.2, -0.15) is 0 Å². The molecule has 0 saturated carbocycles. The Labute approximate surface area is 117 Å². The highest BCUT2D eigenvalue weighted by molar-refractivity contribution is 5.50. The molecule has 0 aliphatic heterocycles. The Kier molecular flexibility index (Phi) is 6.16. The first-order chi connectivity index (χ1) is 9.09. The molecule has 0 aliphatic carbocycles. The molecule has 3 nitrogen and oxygen atoms in total. The van der Waals surface area contributed by atoms with E-state index in [-0.39, 0.29) is 12.1 Å². The predicted molar refractivity (Wildman–Crippen MR) is 80.8 cm³/mol. The molecule has 0 spiro atoms. The van der Waals surface area contributed by atoms with Gasteiger partial charge in [0, 0.05) is 11.8 Å². The summed E-state index contributed by atoms with van der Waals surface area (Å²) >= 11 is 0. The van der Waals surface area contributed by atoms with Gasteiger partial charge in [-0.25, -0.2) is 0 Å². The number of ether oxygens (including phenoxy) is 1. The maximum Gasteiger partial charge on any atom is 0.120 e. The Morgan fingerprint density at radius 2 is 2.11 bits per heavy atom. The van der Waals surface area contributed by atoms with Crippen molar-refractivity contribution in [2.45, 2.75) is 45.6 Å². The van der Waals surface area contributed by atoms with Crippen LogP contribution in [0.5, 0.6) is 5.75 Å². The molecule has 1 aromatic rings. The Morgan fingerprint density at radius 3 is 2.63 bits per heavy atom. The van der Waals surface area contributed by atoms with Crippen LogP contribution >= 0.6 is 0 Å². The molecule has 1 aromatic carbocycles. The number of anilines is 1. The van der Waals surface area contributed by atoms with Crippen LogP contribution in [0.3, 0.4) is 0 Å². The molecule has 0 aromatic heterocycles. The van der Waals surface area contributed by atoms with E-state index >= 15 is 0 Å². The second kappa shape index (κ2) is 7.39. The summed E-state index contributed by atoms with van der Waals surface area (Å²) in [7, 11) is 1.66. The van der Waals surface area contributed by atoms with Crippen LogP contribution in [0.2, 0.25) is 0 Å². The lowest BCUT2D eigenvalue weighted by Crippen LogP contribution is -2.43. The number of methoxy groups -OCH3 is 1. The van der Waals surface area contributed by atoms with E-state index in [1.807, 2.05) is 24.3 Å².